The van der Waals surface area contributed by atoms with Gasteiger partial charge in [0.2, 0.25) is 0 Å². The third-order valence-corrected chi connectivity index (χ3v) is 4.44. The Hall–Kier alpha value is -2.57. The Bertz CT molecular complexity index is 1060. The maximum absolute atomic E-state index is 9.46. The Labute approximate surface area is 144 Å². The van der Waals surface area contributed by atoms with E-state index < -0.39 is 14.2 Å². The number of aromatic nitrogens is 1. The molecular weight excluding hydrogens is 316 g/mol. The highest BCUT2D eigenvalue weighted by Gasteiger charge is 2.17. The molecule has 3 aromatic carbocycles. The molecule has 25 heavy (non-hydrogen) atoms. The van der Waals surface area contributed by atoms with E-state index >= 15 is 0 Å². The van der Waals surface area contributed by atoms with Crippen molar-refractivity contribution in [1.82, 2.24) is 4.57 Å². The van der Waals surface area contributed by atoms with Gasteiger partial charge in [0, 0.05) is 16.5 Å². The molecule has 4 rings (SSSR count). The number of nitrogens with zero attached hydrogens (tertiary/aromatic N) is 1. The molecule has 0 atom stereocenters. The van der Waals surface area contributed by atoms with Crippen LogP contribution in [0, 0.1) is 0 Å². The topological polar surface area (TPSA) is 85.9 Å². The quantitative estimate of drug-likeness (QED) is 0.403. The zero-order valence-electron chi connectivity index (χ0n) is 13.2. The Kier molecular flexibility index (Phi) is 3.86. The van der Waals surface area contributed by atoms with Crippen LogP contribution in [0.25, 0.3) is 27.5 Å². The second kappa shape index (κ2) is 6.06. The molecule has 1 heterocycles. The van der Waals surface area contributed by atoms with Gasteiger partial charge in [-0.3, -0.25) is 0 Å². The van der Waals surface area contributed by atoms with Crippen LogP contribution >= 0.6 is 0 Å². The molecular formula is C18H15B2NO4. The summed E-state index contributed by atoms with van der Waals surface area (Å²) in [7, 11) is -3.02. The van der Waals surface area contributed by atoms with Gasteiger partial charge in [-0.15, -0.1) is 0 Å². The van der Waals surface area contributed by atoms with E-state index in [4.69, 9.17) is 0 Å². The largest absolute Gasteiger partial charge is 0.488 e. The van der Waals surface area contributed by atoms with Crippen molar-refractivity contribution in [1.29, 1.82) is 0 Å². The summed E-state index contributed by atoms with van der Waals surface area (Å²) in [6.45, 7) is 0. The molecule has 4 aromatic rings. The molecule has 0 bridgehead atoms. The number of hydrogen-bond donors (Lipinski definition) is 4. The molecule has 1 aromatic heterocycles. The molecule has 0 saturated heterocycles. The summed E-state index contributed by atoms with van der Waals surface area (Å²) in [6.07, 6.45) is 0. The number of rotatable bonds is 3. The average Bonchev–Trinajstić information content (AvgIpc) is 2.95. The fourth-order valence-electron chi connectivity index (χ4n) is 3.22. The summed E-state index contributed by atoms with van der Waals surface area (Å²) in [5.41, 5.74) is 3.67. The van der Waals surface area contributed by atoms with E-state index in [-0.39, 0.29) is 0 Å². The highest BCUT2D eigenvalue weighted by Crippen LogP contribution is 2.31. The van der Waals surface area contributed by atoms with E-state index in [1.54, 1.807) is 24.3 Å². The van der Waals surface area contributed by atoms with Gasteiger partial charge < -0.3 is 24.7 Å². The van der Waals surface area contributed by atoms with Crippen LogP contribution in [0.2, 0.25) is 0 Å². The van der Waals surface area contributed by atoms with Crippen molar-refractivity contribution in [2.75, 3.05) is 0 Å². The van der Waals surface area contributed by atoms with Crippen LogP contribution in [-0.2, 0) is 0 Å². The summed E-state index contributed by atoms with van der Waals surface area (Å²) in [5, 5.41) is 39.4. The maximum atomic E-state index is 9.46. The maximum Gasteiger partial charge on any atom is 0.488 e. The van der Waals surface area contributed by atoms with E-state index in [9.17, 15) is 20.1 Å². The van der Waals surface area contributed by atoms with Crippen molar-refractivity contribution in [3.05, 3.63) is 66.7 Å². The first-order chi connectivity index (χ1) is 12.1. The van der Waals surface area contributed by atoms with Gasteiger partial charge in [-0.2, -0.15) is 0 Å². The van der Waals surface area contributed by atoms with Crippen molar-refractivity contribution >= 4 is 47.0 Å². The van der Waals surface area contributed by atoms with E-state index in [0.29, 0.717) is 10.9 Å². The summed E-state index contributed by atoms with van der Waals surface area (Å²) in [5.74, 6) is 0. The van der Waals surface area contributed by atoms with Gasteiger partial charge in [0.25, 0.3) is 0 Å². The van der Waals surface area contributed by atoms with Crippen molar-refractivity contribution in [3.8, 4) is 5.69 Å². The standard InChI is InChI=1S/C18H15B2NO4/c22-19(23)12-5-8-14(9-6-12)21-17-4-2-1-3-15(17)16-11-13(20(24)25)7-10-18(16)21/h1-11,22-25H. The lowest BCUT2D eigenvalue weighted by molar-refractivity contribution is 0.424. The monoisotopic (exact) mass is 331 g/mol. The third kappa shape index (κ3) is 2.63. The normalized spacial score (nSPS) is 11.2. The number of benzene rings is 3. The van der Waals surface area contributed by atoms with Crippen molar-refractivity contribution in [2.45, 2.75) is 0 Å². The first-order valence-corrected chi connectivity index (χ1v) is 7.92. The molecule has 0 fully saturated rings. The molecule has 0 radical (unpaired) electrons. The van der Waals surface area contributed by atoms with E-state index in [1.807, 2.05) is 42.5 Å². The van der Waals surface area contributed by atoms with Crippen molar-refractivity contribution in [3.63, 3.8) is 0 Å². The van der Waals surface area contributed by atoms with Gasteiger partial charge in [-0.25, -0.2) is 0 Å². The third-order valence-electron chi connectivity index (χ3n) is 4.44. The second-order valence-corrected chi connectivity index (χ2v) is 5.97. The molecule has 0 aliphatic carbocycles. The molecule has 0 spiro atoms. The first kappa shape index (κ1) is 15.9. The minimum Gasteiger partial charge on any atom is -0.423 e. The van der Waals surface area contributed by atoms with Crippen LogP contribution in [0.1, 0.15) is 0 Å². The van der Waals surface area contributed by atoms with E-state index in [0.717, 1.165) is 27.5 Å². The van der Waals surface area contributed by atoms with E-state index in [2.05, 4.69) is 4.57 Å². The number of fused-ring (bicyclic) bond motifs is 3. The Balaban J connectivity index is 2.01. The summed E-state index contributed by atoms with van der Waals surface area (Å²) < 4.78 is 2.06. The second-order valence-electron chi connectivity index (χ2n) is 5.97. The molecule has 122 valence electrons. The molecule has 0 amide bonds. The van der Waals surface area contributed by atoms with Crippen LogP contribution in [0.3, 0.4) is 0 Å². The first-order valence-electron chi connectivity index (χ1n) is 7.92. The molecule has 5 nitrogen and oxygen atoms in total. The summed E-state index contributed by atoms with van der Waals surface area (Å²) >= 11 is 0. The van der Waals surface area contributed by atoms with Gasteiger partial charge in [0.1, 0.15) is 0 Å². The zero-order valence-corrected chi connectivity index (χ0v) is 13.2. The molecule has 0 saturated carbocycles. The summed E-state index contributed by atoms with van der Waals surface area (Å²) in [6, 6.07) is 20.2. The number of para-hydroxylation sites is 1. The Morgan fingerprint density at radius 3 is 1.88 bits per heavy atom. The number of hydrogen-bond acceptors (Lipinski definition) is 4. The lowest BCUT2D eigenvalue weighted by Gasteiger charge is -2.09. The Morgan fingerprint density at radius 2 is 1.20 bits per heavy atom. The van der Waals surface area contributed by atoms with Crippen LogP contribution in [0.5, 0.6) is 0 Å². The minimum absolute atomic E-state index is 0.426. The highest BCUT2D eigenvalue weighted by molar-refractivity contribution is 6.59. The molecule has 0 aliphatic heterocycles. The smallest absolute Gasteiger partial charge is 0.423 e. The predicted octanol–water partition coefficient (Wildman–Crippen LogP) is 0.143. The van der Waals surface area contributed by atoms with E-state index in [1.165, 1.54) is 0 Å². The molecule has 0 unspecified atom stereocenters. The van der Waals surface area contributed by atoms with Gasteiger partial charge in [0.05, 0.1) is 11.0 Å². The molecule has 7 heteroatoms. The highest BCUT2D eigenvalue weighted by atomic mass is 16.4. The van der Waals surface area contributed by atoms with Gasteiger partial charge in [-0.05, 0) is 35.2 Å². The lowest BCUT2D eigenvalue weighted by atomic mass is 9.80. The van der Waals surface area contributed by atoms with Crippen molar-refractivity contribution in [2.24, 2.45) is 0 Å². The fourth-order valence-corrected chi connectivity index (χ4v) is 3.22. The van der Waals surface area contributed by atoms with Crippen LogP contribution in [-0.4, -0.2) is 38.9 Å². The lowest BCUT2D eigenvalue weighted by Crippen LogP contribution is -2.29. The van der Waals surface area contributed by atoms with Gasteiger partial charge in [0.15, 0.2) is 0 Å². The predicted molar refractivity (Wildman–Crippen MR) is 100 cm³/mol. The Morgan fingerprint density at radius 1 is 0.600 bits per heavy atom. The average molecular weight is 331 g/mol. The zero-order chi connectivity index (χ0) is 17.6. The van der Waals surface area contributed by atoms with Crippen LogP contribution in [0.15, 0.2) is 66.7 Å². The fraction of sp³-hybridized carbons (Fsp3) is 0. The van der Waals surface area contributed by atoms with Crippen LogP contribution < -0.4 is 10.9 Å². The van der Waals surface area contributed by atoms with Crippen LogP contribution in [0.4, 0.5) is 0 Å². The van der Waals surface area contributed by atoms with Gasteiger partial charge in [-0.1, -0.05) is 42.5 Å². The molecule has 4 N–H and O–H groups in total. The molecule has 0 aliphatic rings. The summed E-state index contributed by atoms with van der Waals surface area (Å²) in [4.78, 5) is 0. The minimum atomic E-state index is -1.52. The van der Waals surface area contributed by atoms with Crippen molar-refractivity contribution < 1.29 is 20.1 Å². The SMILES string of the molecule is OB(O)c1ccc(-n2c3ccccc3c3cc(B(O)O)ccc32)cc1. The van der Waals surface area contributed by atoms with Gasteiger partial charge >= 0.3 is 14.2 Å².